The monoisotopic (exact) mass is 298 g/mol. The number of hydrogen-bond donors (Lipinski definition) is 0. The molecule has 22 heavy (non-hydrogen) atoms. The van der Waals surface area contributed by atoms with Crippen molar-refractivity contribution in [3.63, 3.8) is 0 Å². The van der Waals surface area contributed by atoms with Crippen LogP contribution in [0.3, 0.4) is 0 Å². The van der Waals surface area contributed by atoms with Gasteiger partial charge in [-0.25, -0.2) is 4.99 Å². The number of carbonyl (C=O) groups excluding carboxylic acids is 1. The van der Waals surface area contributed by atoms with Crippen molar-refractivity contribution in [3.05, 3.63) is 35.9 Å². The Morgan fingerprint density at radius 2 is 1.91 bits per heavy atom. The van der Waals surface area contributed by atoms with Gasteiger partial charge in [0.05, 0.1) is 19.3 Å². The summed E-state index contributed by atoms with van der Waals surface area (Å²) >= 11 is 0. The molecule has 3 aliphatic rings. The third-order valence-corrected chi connectivity index (χ3v) is 5.33. The zero-order valence-electron chi connectivity index (χ0n) is 12.8. The molecular formula is C18H22N2O2. The first-order chi connectivity index (χ1) is 10.8. The fourth-order valence-corrected chi connectivity index (χ4v) is 4.32. The van der Waals surface area contributed by atoms with E-state index in [0.717, 1.165) is 32.0 Å². The highest BCUT2D eigenvalue weighted by Crippen LogP contribution is 2.45. The summed E-state index contributed by atoms with van der Waals surface area (Å²) in [5.74, 6) is 1.12. The van der Waals surface area contributed by atoms with Gasteiger partial charge >= 0.3 is 0 Å². The molecule has 1 aliphatic heterocycles. The van der Waals surface area contributed by atoms with Crippen molar-refractivity contribution in [1.29, 1.82) is 0 Å². The lowest BCUT2D eigenvalue weighted by molar-refractivity contribution is 0.0204. The minimum absolute atomic E-state index is 0.0820. The Kier molecular flexibility index (Phi) is 3.80. The first-order valence-electron chi connectivity index (χ1n) is 8.32. The summed E-state index contributed by atoms with van der Waals surface area (Å²) in [6.45, 7) is 3.53. The van der Waals surface area contributed by atoms with Gasteiger partial charge in [-0.2, -0.15) is 0 Å². The highest BCUT2D eigenvalue weighted by molar-refractivity contribution is 6.07. The summed E-state index contributed by atoms with van der Waals surface area (Å²) in [6.07, 6.45) is 3.70. The fourth-order valence-electron chi connectivity index (χ4n) is 4.32. The maximum absolute atomic E-state index is 12.5. The van der Waals surface area contributed by atoms with Crippen molar-refractivity contribution in [2.24, 2.45) is 16.8 Å². The first kappa shape index (κ1) is 14.1. The predicted octanol–water partition coefficient (Wildman–Crippen LogP) is 2.40. The number of ether oxygens (including phenoxy) is 1. The lowest BCUT2D eigenvalue weighted by atomic mass is 9.91. The molecule has 2 saturated carbocycles. The summed E-state index contributed by atoms with van der Waals surface area (Å²) in [6, 6.07) is 9.79. The highest BCUT2D eigenvalue weighted by Gasteiger charge is 2.47. The van der Waals surface area contributed by atoms with Crippen molar-refractivity contribution >= 4 is 11.6 Å². The molecule has 2 aliphatic carbocycles. The number of benzene rings is 1. The van der Waals surface area contributed by atoms with Crippen LogP contribution in [0.5, 0.6) is 0 Å². The van der Waals surface area contributed by atoms with E-state index in [1.165, 1.54) is 19.3 Å². The lowest BCUT2D eigenvalue weighted by Gasteiger charge is -2.37. The number of nitrogens with zero attached hydrogens (tertiary/aromatic N) is 2. The summed E-state index contributed by atoms with van der Waals surface area (Å²) in [5, 5.41) is 0. The number of rotatable bonds is 2. The van der Waals surface area contributed by atoms with Crippen molar-refractivity contribution in [2.75, 3.05) is 26.3 Å². The fraction of sp³-hybridized carbons (Fsp3) is 0.556. The van der Waals surface area contributed by atoms with Crippen LogP contribution < -0.4 is 0 Å². The largest absolute Gasteiger partial charge is 0.379 e. The number of aliphatic imine (C=N–C) groups is 1. The third-order valence-electron chi connectivity index (χ3n) is 5.33. The number of fused-ring (bicyclic) bond motifs is 2. The van der Waals surface area contributed by atoms with E-state index in [4.69, 9.17) is 4.74 Å². The first-order valence-corrected chi connectivity index (χ1v) is 8.32. The minimum atomic E-state index is -0.0820. The second-order valence-electron chi connectivity index (χ2n) is 6.57. The zero-order chi connectivity index (χ0) is 14.9. The maximum Gasteiger partial charge on any atom is 0.276 e. The van der Waals surface area contributed by atoms with Crippen LogP contribution >= 0.6 is 0 Å². The van der Waals surface area contributed by atoms with Gasteiger partial charge in [-0.05, 0) is 43.2 Å². The Labute approximate surface area is 131 Å². The Morgan fingerprint density at radius 3 is 2.68 bits per heavy atom. The van der Waals surface area contributed by atoms with Crippen LogP contribution in [0, 0.1) is 11.8 Å². The van der Waals surface area contributed by atoms with E-state index in [-0.39, 0.29) is 5.91 Å². The van der Waals surface area contributed by atoms with E-state index >= 15 is 0 Å². The summed E-state index contributed by atoms with van der Waals surface area (Å²) in [4.78, 5) is 19.5. The molecule has 1 heterocycles. The van der Waals surface area contributed by atoms with Gasteiger partial charge in [0.15, 0.2) is 0 Å². The molecule has 116 valence electrons. The van der Waals surface area contributed by atoms with Gasteiger partial charge < -0.3 is 4.74 Å². The van der Waals surface area contributed by atoms with E-state index in [0.29, 0.717) is 23.4 Å². The molecule has 0 N–H and O–H groups in total. The maximum atomic E-state index is 12.5. The number of carbonyl (C=O) groups is 1. The molecule has 1 amide bonds. The van der Waals surface area contributed by atoms with Gasteiger partial charge in [0.25, 0.3) is 5.91 Å². The molecule has 4 rings (SSSR count). The van der Waals surface area contributed by atoms with Gasteiger partial charge in [-0.15, -0.1) is 0 Å². The average Bonchev–Trinajstić information content (AvgIpc) is 3.18. The van der Waals surface area contributed by atoms with E-state index in [9.17, 15) is 4.79 Å². The number of morpholine rings is 1. The Hall–Kier alpha value is -1.52. The summed E-state index contributed by atoms with van der Waals surface area (Å²) in [5.41, 5.74) is 1.84. The van der Waals surface area contributed by atoms with Crippen molar-refractivity contribution < 1.29 is 9.53 Å². The second-order valence-corrected chi connectivity index (χ2v) is 6.57. The predicted molar refractivity (Wildman–Crippen MR) is 85.2 cm³/mol. The quantitative estimate of drug-likeness (QED) is 0.842. The van der Waals surface area contributed by atoms with Gasteiger partial charge in [0.1, 0.15) is 0 Å². The van der Waals surface area contributed by atoms with Gasteiger partial charge in [-0.3, -0.25) is 9.69 Å². The Balaban J connectivity index is 1.60. The van der Waals surface area contributed by atoms with Gasteiger partial charge in [-0.1, -0.05) is 18.2 Å². The molecule has 0 spiro atoms. The van der Waals surface area contributed by atoms with E-state index < -0.39 is 0 Å². The molecule has 4 nitrogen and oxygen atoms in total. The molecule has 2 bridgehead atoms. The Bertz CT molecular complexity index is 578. The molecule has 3 atom stereocenters. The second kappa shape index (κ2) is 5.94. The molecule has 0 radical (unpaired) electrons. The SMILES string of the molecule is O=C(N=C1C(N2CCOCC2)[C@H]2CC[C@@H]1C2)c1ccccc1. The van der Waals surface area contributed by atoms with E-state index in [2.05, 4.69) is 9.89 Å². The third kappa shape index (κ3) is 2.50. The van der Waals surface area contributed by atoms with Crippen LogP contribution in [-0.2, 0) is 4.74 Å². The topological polar surface area (TPSA) is 41.9 Å². The van der Waals surface area contributed by atoms with Crippen LogP contribution in [0.1, 0.15) is 29.6 Å². The number of amides is 1. The lowest BCUT2D eigenvalue weighted by Crippen LogP contribution is -2.50. The van der Waals surface area contributed by atoms with Crippen LogP contribution in [0.15, 0.2) is 35.3 Å². The standard InChI is InChI=1S/C18H22N2O2/c21-18(13-4-2-1-3-5-13)19-16-14-6-7-15(12-14)17(16)20-8-10-22-11-9-20/h1-5,14-15,17H,6-12H2/t14-,15+,17?/m1/s1. The number of hydrogen-bond acceptors (Lipinski definition) is 3. The molecule has 3 fully saturated rings. The van der Waals surface area contributed by atoms with E-state index in [1.807, 2.05) is 30.3 Å². The molecule has 1 aromatic carbocycles. The normalized spacial score (nSPS) is 33.5. The zero-order valence-corrected chi connectivity index (χ0v) is 12.8. The van der Waals surface area contributed by atoms with Crippen molar-refractivity contribution in [2.45, 2.75) is 25.3 Å². The van der Waals surface area contributed by atoms with Gasteiger partial charge in [0, 0.05) is 24.4 Å². The van der Waals surface area contributed by atoms with Crippen LogP contribution in [0.25, 0.3) is 0 Å². The van der Waals surface area contributed by atoms with Crippen LogP contribution in [0.4, 0.5) is 0 Å². The molecule has 1 unspecified atom stereocenters. The van der Waals surface area contributed by atoms with Crippen LogP contribution in [0.2, 0.25) is 0 Å². The molecule has 4 heteroatoms. The molecule has 0 aromatic heterocycles. The summed E-state index contributed by atoms with van der Waals surface area (Å²) in [7, 11) is 0. The molecular weight excluding hydrogens is 276 g/mol. The smallest absolute Gasteiger partial charge is 0.276 e. The average molecular weight is 298 g/mol. The van der Waals surface area contributed by atoms with Crippen LogP contribution in [-0.4, -0.2) is 48.9 Å². The minimum Gasteiger partial charge on any atom is -0.379 e. The summed E-state index contributed by atoms with van der Waals surface area (Å²) < 4.78 is 5.48. The van der Waals surface area contributed by atoms with Gasteiger partial charge in [0.2, 0.25) is 0 Å². The van der Waals surface area contributed by atoms with Crippen molar-refractivity contribution in [1.82, 2.24) is 4.90 Å². The molecule has 1 aromatic rings. The Morgan fingerprint density at radius 1 is 1.14 bits per heavy atom. The highest BCUT2D eigenvalue weighted by atomic mass is 16.5. The van der Waals surface area contributed by atoms with E-state index in [1.54, 1.807) is 0 Å². The van der Waals surface area contributed by atoms with Crippen molar-refractivity contribution in [3.8, 4) is 0 Å². The molecule has 1 saturated heterocycles.